The lowest BCUT2D eigenvalue weighted by Gasteiger charge is -2.33. The molecule has 0 N–H and O–H groups in total. The van der Waals surface area contributed by atoms with Crippen LogP contribution in [0.25, 0.3) is 0 Å². The summed E-state index contributed by atoms with van der Waals surface area (Å²) in [5, 5.41) is 7.48. The molecule has 2 heterocycles. The van der Waals surface area contributed by atoms with Gasteiger partial charge < -0.3 is 0 Å². The molecule has 2 aromatic rings. The summed E-state index contributed by atoms with van der Waals surface area (Å²) in [6.07, 6.45) is 5.46. The Hall–Kier alpha value is -1.91. The van der Waals surface area contributed by atoms with E-state index in [1.807, 2.05) is 42.7 Å². The van der Waals surface area contributed by atoms with E-state index in [9.17, 15) is 0 Å². The Morgan fingerprint density at radius 1 is 1.09 bits per heavy atom. The van der Waals surface area contributed by atoms with Crippen molar-refractivity contribution in [3.05, 3.63) is 64.9 Å². The number of aromatic nitrogens is 1. The maximum Gasteiger partial charge on any atom is 0.0558 e. The molecule has 0 atom stereocenters. The van der Waals surface area contributed by atoms with Crippen LogP contribution in [0.3, 0.4) is 0 Å². The number of rotatable bonds is 4. The molecule has 1 aromatic carbocycles. The topological polar surface area (TPSA) is 31.7 Å². The number of nitrogens with zero attached hydrogens (tertiary/aromatic N) is 4. The van der Waals surface area contributed by atoms with Crippen LogP contribution >= 0.6 is 11.6 Å². The monoisotopic (exact) mass is 314 g/mol. The molecule has 0 saturated carbocycles. The summed E-state index contributed by atoms with van der Waals surface area (Å²) in [6, 6.07) is 12.0. The fourth-order valence-corrected chi connectivity index (χ4v) is 2.67. The maximum absolute atomic E-state index is 6.22. The molecule has 4 nitrogen and oxygen atoms in total. The Morgan fingerprint density at radius 3 is 2.64 bits per heavy atom. The number of halogens is 1. The van der Waals surface area contributed by atoms with Crippen LogP contribution in [0.1, 0.15) is 11.1 Å². The van der Waals surface area contributed by atoms with E-state index in [1.165, 1.54) is 5.56 Å². The first-order chi connectivity index (χ1) is 10.8. The lowest BCUT2D eigenvalue weighted by Crippen LogP contribution is -2.43. The second-order valence-corrected chi connectivity index (χ2v) is 5.76. The molecule has 114 valence electrons. The zero-order valence-electron chi connectivity index (χ0n) is 12.4. The highest BCUT2D eigenvalue weighted by Gasteiger charge is 2.16. The van der Waals surface area contributed by atoms with Crippen LogP contribution < -0.4 is 0 Å². The van der Waals surface area contributed by atoms with Gasteiger partial charge in [0.25, 0.3) is 0 Å². The summed E-state index contributed by atoms with van der Waals surface area (Å²) in [7, 11) is 0. The van der Waals surface area contributed by atoms with Gasteiger partial charge in [0, 0.05) is 55.7 Å². The zero-order valence-corrected chi connectivity index (χ0v) is 13.2. The van der Waals surface area contributed by atoms with Crippen molar-refractivity contribution >= 4 is 17.8 Å². The van der Waals surface area contributed by atoms with Crippen molar-refractivity contribution in [2.75, 3.05) is 26.2 Å². The average Bonchev–Trinajstić information content (AvgIpc) is 2.57. The van der Waals surface area contributed by atoms with Gasteiger partial charge in [0.15, 0.2) is 0 Å². The SMILES string of the molecule is Clc1ccccc1CN1CCN(/N=C\c2cccnc2)CC1. The van der Waals surface area contributed by atoms with Crippen LogP contribution in [0.15, 0.2) is 53.9 Å². The van der Waals surface area contributed by atoms with Gasteiger partial charge in [-0.1, -0.05) is 35.9 Å². The van der Waals surface area contributed by atoms with Crippen molar-refractivity contribution in [1.29, 1.82) is 0 Å². The molecule has 1 fully saturated rings. The quantitative estimate of drug-likeness (QED) is 0.813. The summed E-state index contributed by atoms with van der Waals surface area (Å²) >= 11 is 6.22. The van der Waals surface area contributed by atoms with Crippen LogP contribution in [-0.2, 0) is 6.54 Å². The van der Waals surface area contributed by atoms with Crippen molar-refractivity contribution in [3.63, 3.8) is 0 Å². The van der Waals surface area contributed by atoms with Crippen LogP contribution in [0.2, 0.25) is 5.02 Å². The van der Waals surface area contributed by atoms with Gasteiger partial charge in [0.1, 0.15) is 0 Å². The normalized spacial score (nSPS) is 16.3. The van der Waals surface area contributed by atoms with Crippen LogP contribution in [-0.4, -0.2) is 47.3 Å². The summed E-state index contributed by atoms with van der Waals surface area (Å²) in [5.74, 6) is 0. The van der Waals surface area contributed by atoms with Crippen molar-refractivity contribution in [2.45, 2.75) is 6.54 Å². The van der Waals surface area contributed by atoms with Crippen LogP contribution in [0.4, 0.5) is 0 Å². The minimum atomic E-state index is 0.847. The highest BCUT2D eigenvalue weighted by atomic mass is 35.5. The van der Waals surface area contributed by atoms with Crippen LogP contribution in [0, 0.1) is 0 Å². The van der Waals surface area contributed by atoms with E-state index < -0.39 is 0 Å². The molecule has 5 heteroatoms. The van der Waals surface area contributed by atoms with Crippen molar-refractivity contribution < 1.29 is 0 Å². The standard InChI is InChI=1S/C17H19ClN4/c18-17-6-2-1-5-16(17)14-21-8-10-22(11-9-21)20-13-15-4-3-7-19-12-15/h1-7,12-13H,8-11,14H2/b20-13-. The lowest BCUT2D eigenvalue weighted by molar-refractivity contribution is 0.131. The third-order valence-electron chi connectivity index (χ3n) is 3.75. The Bertz CT molecular complexity index is 622. The molecule has 0 spiro atoms. The molecule has 0 amide bonds. The molecule has 3 rings (SSSR count). The van der Waals surface area contributed by atoms with Crippen molar-refractivity contribution in [3.8, 4) is 0 Å². The predicted octanol–water partition coefficient (Wildman–Crippen LogP) is 2.89. The van der Waals surface area contributed by atoms with Gasteiger partial charge in [-0.15, -0.1) is 0 Å². The number of pyridine rings is 1. The third-order valence-corrected chi connectivity index (χ3v) is 4.12. The summed E-state index contributed by atoms with van der Waals surface area (Å²) in [6.45, 7) is 4.76. The second kappa shape index (κ2) is 7.38. The fraction of sp³-hybridized carbons (Fsp3) is 0.294. The van der Waals surface area contributed by atoms with Crippen molar-refractivity contribution in [1.82, 2.24) is 14.9 Å². The molecule has 0 unspecified atom stereocenters. The summed E-state index contributed by atoms with van der Waals surface area (Å²) < 4.78 is 0. The van der Waals surface area contributed by atoms with E-state index in [0.29, 0.717) is 0 Å². The second-order valence-electron chi connectivity index (χ2n) is 5.35. The first kappa shape index (κ1) is 15.0. The van der Waals surface area contributed by atoms with E-state index in [-0.39, 0.29) is 0 Å². The van der Waals surface area contributed by atoms with Gasteiger partial charge in [0.2, 0.25) is 0 Å². The Kier molecular flexibility index (Phi) is 5.03. The molecule has 1 saturated heterocycles. The van der Waals surface area contributed by atoms with Gasteiger partial charge in [0.05, 0.1) is 6.21 Å². The molecule has 1 aliphatic heterocycles. The molecule has 0 aliphatic carbocycles. The van der Waals surface area contributed by atoms with E-state index in [0.717, 1.165) is 43.3 Å². The first-order valence-corrected chi connectivity index (χ1v) is 7.84. The van der Waals surface area contributed by atoms with Gasteiger partial charge in [-0.2, -0.15) is 5.10 Å². The number of hydrogen-bond donors (Lipinski definition) is 0. The Balaban J connectivity index is 1.50. The fourth-order valence-electron chi connectivity index (χ4n) is 2.48. The third kappa shape index (κ3) is 4.06. The van der Waals surface area contributed by atoms with Gasteiger partial charge in [-0.25, -0.2) is 0 Å². The van der Waals surface area contributed by atoms with Crippen LogP contribution in [0.5, 0.6) is 0 Å². The molecule has 1 aliphatic rings. The first-order valence-electron chi connectivity index (χ1n) is 7.46. The molecule has 22 heavy (non-hydrogen) atoms. The highest BCUT2D eigenvalue weighted by Crippen LogP contribution is 2.17. The van der Waals surface area contributed by atoms with Gasteiger partial charge in [-0.05, 0) is 17.7 Å². The maximum atomic E-state index is 6.22. The molecule has 0 bridgehead atoms. The lowest BCUT2D eigenvalue weighted by atomic mass is 10.2. The Labute approximate surface area is 136 Å². The highest BCUT2D eigenvalue weighted by molar-refractivity contribution is 6.31. The smallest absolute Gasteiger partial charge is 0.0558 e. The van der Waals surface area contributed by atoms with E-state index in [4.69, 9.17) is 11.6 Å². The summed E-state index contributed by atoms with van der Waals surface area (Å²) in [4.78, 5) is 6.50. The van der Waals surface area contributed by atoms with Crippen molar-refractivity contribution in [2.24, 2.45) is 5.10 Å². The number of benzene rings is 1. The molecule has 1 aromatic heterocycles. The number of hydrogen-bond acceptors (Lipinski definition) is 4. The Morgan fingerprint density at radius 2 is 1.91 bits per heavy atom. The molecular weight excluding hydrogens is 296 g/mol. The molecule has 0 radical (unpaired) electrons. The van der Waals surface area contributed by atoms with Gasteiger partial charge >= 0.3 is 0 Å². The number of piperazine rings is 1. The molecular formula is C17H19ClN4. The van der Waals surface area contributed by atoms with Gasteiger partial charge in [-0.3, -0.25) is 14.9 Å². The van der Waals surface area contributed by atoms with E-state index in [2.05, 4.69) is 26.1 Å². The number of hydrazone groups is 1. The average molecular weight is 315 g/mol. The minimum Gasteiger partial charge on any atom is -0.295 e. The predicted molar refractivity (Wildman–Crippen MR) is 90.1 cm³/mol. The van der Waals surface area contributed by atoms with E-state index >= 15 is 0 Å². The largest absolute Gasteiger partial charge is 0.295 e. The minimum absolute atomic E-state index is 0.847. The van der Waals surface area contributed by atoms with E-state index in [1.54, 1.807) is 6.20 Å². The zero-order chi connectivity index (χ0) is 15.2. The summed E-state index contributed by atoms with van der Waals surface area (Å²) in [5.41, 5.74) is 2.22.